The van der Waals surface area contributed by atoms with Crippen molar-refractivity contribution < 1.29 is 23.8 Å². The number of hydrogen-bond acceptors (Lipinski definition) is 7. The van der Waals surface area contributed by atoms with E-state index >= 15 is 0 Å². The quantitative estimate of drug-likeness (QED) is 0.373. The van der Waals surface area contributed by atoms with Gasteiger partial charge in [-0.25, -0.2) is 4.79 Å². The normalized spacial score (nSPS) is 15.3. The molecule has 0 aliphatic heterocycles. The van der Waals surface area contributed by atoms with Gasteiger partial charge in [0.2, 0.25) is 0 Å². The van der Waals surface area contributed by atoms with Gasteiger partial charge in [-0.15, -0.1) is 11.3 Å². The van der Waals surface area contributed by atoms with Gasteiger partial charge < -0.3 is 19.5 Å². The van der Waals surface area contributed by atoms with E-state index in [1.807, 2.05) is 6.07 Å². The molecule has 2 aromatic rings. The molecule has 1 amide bonds. The molecule has 1 aliphatic carbocycles. The monoisotopic (exact) mass is 454 g/mol. The molecule has 0 saturated heterocycles. The third-order valence-corrected chi connectivity index (χ3v) is 6.47. The van der Waals surface area contributed by atoms with Crippen molar-refractivity contribution in [3.63, 3.8) is 0 Å². The van der Waals surface area contributed by atoms with Gasteiger partial charge in [-0.05, 0) is 61.4 Å². The van der Waals surface area contributed by atoms with E-state index in [4.69, 9.17) is 14.2 Å². The number of ether oxygens (including phenoxy) is 3. The van der Waals surface area contributed by atoms with Crippen LogP contribution in [-0.4, -0.2) is 32.7 Å². The number of anilines is 1. The average molecular weight is 455 g/mol. The van der Waals surface area contributed by atoms with Crippen molar-refractivity contribution in [2.75, 3.05) is 26.1 Å². The molecule has 1 unspecified atom stereocenters. The summed E-state index contributed by atoms with van der Waals surface area (Å²) in [5, 5.41) is 12.8. The maximum Gasteiger partial charge on any atom is 0.341 e. The van der Waals surface area contributed by atoms with E-state index in [2.05, 4.69) is 12.2 Å². The number of carbonyl (C=O) groups is 2. The maximum absolute atomic E-state index is 12.9. The van der Waals surface area contributed by atoms with Crippen LogP contribution in [0, 0.1) is 17.2 Å². The molecule has 0 spiro atoms. The lowest BCUT2D eigenvalue weighted by Gasteiger charge is -2.18. The lowest BCUT2D eigenvalue weighted by atomic mass is 9.88. The smallest absolute Gasteiger partial charge is 0.341 e. The average Bonchev–Trinajstić information content (AvgIpc) is 3.13. The molecule has 0 fully saturated rings. The minimum Gasteiger partial charge on any atom is -0.493 e. The topological polar surface area (TPSA) is 97.7 Å². The molecule has 1 heterocycles. The summed E-state index contributed by atoms with van der Waals surface area (Å²) in [6.45, 7) is 4.16. The van der Waals surface area contributed by atoms with E-state index in [9.17, 15) is 14.9 Å². The summed E-state index contributed by atoms with van der Waals surface area (Å²) in [7, 11) is 3.05. The van der Waals surface area contributed by atoms with Crippen molar-refractivity contribution in [1.82, 2.24) is 0 Å². The summed E-state index contributed by atoms with van der Waals surface area (Å²) in [6, 6.07) is 7.05. The summed E-state index contributed by atoms with van der Waals surface area (Å²) in [6.07, 6.45) is 4.07. The van der Waals surface area contributed by atoms with Crippen LogP contribution in [0.2, 0.25) is 0 Å². The van der Waals surface area contributed by atoms with E-state index in [0.29, 0.717) is 33.5 Å². The zero-order valence-electron chi connectivity index (χ0n) is 18.6. The molecule has 32 heavy (non-hydrogen) atoms. The Kier molecular flexibility index (Phi) is 7.54. The van der Waals surface area contributed by atoms with E-state index in [0.717, 1.165) is 29.7 Å². The first-order chi connectivity index (χ1) is 15.4. The number of benzene rings is 1. The lowest BCUT2D eigenvalue weighted by molar-refractivity contribution is -0.112. The van der Waals surface area contributed by atoms with Crippen molar-refractivity contribution in [2.45, 2.75) is 33.1 Å². The van der Waals surface area contributed by atoms with Gasteiger partial charge in [0.1, 0.15) is 16.6 Å². The number of thiophene rings is 1. The number of nitriles is 1. The number of hydrogen-bond donors (Lipinski definition) is 1. The highest BCUT2D eigenvalue weighted by atomic mass is 32.1. The SMILES string of the molecule is CCOC(=O)c1c(NC(=O)/C(C#N)=C/c2ccc(OC)c(OC)c2)sc2c1CCC(C)C2. The molecule has 1 N–H and O–H groups in total. The van der Waals surface area contributed by atoms with Gasteiger partial charge in [-0.3, -0.25) is 4.79 Å². The number of fused-ring (bicyclic) bond motifs is 1. The molecule has 1 aromatic carbocycles. The predicted octanol–water partition coefficient (Wildman–Crippen LogP) is 4.61. The van der Waals surface area contributed by atoms with Crippen molar-refractivity contribution in [3.05, 3.63) is 45.3 Å². The number of esters is 1. The summed E-state index contributed by atoms with van der Waals surface area (Å²) in [5.74, 6) is 0.518. The number of nitrogens with zero attached hydrogens (tertiary/aromatic N) is 1. The molecule has 168 valence electrons. The number of amides is 1. The Morgan fingerprint density at radius 1 is 1.28 bits per heavy atom. The van der Waals surface area contributed by atoms with Crippen LogP contribution in [0.5, 0.6) is 11.5 Å². The number of carbonyl (C=O) groups excluding carboxylic acids is 2. The van der Waals surface area contributed by atoms with Gasteiger partial charge in [0.25, 0.3) is 5.91 Å². The van der Waals surface area contributed by atoms with Crippen LogP contribution in [-0.2, 0) is 22.4 Å². The van der Waals surface area contributed by atoms with Crippen LogP contribution in [0.1, 0.15) is 46.6 Å². The molecule has 0 radical (unpaired) electrons. The van der Waals surface area contributed by atoms with Crippen LogP contribution >= 0.6 is 11.3 Å². The van der Waals surface area contributed by atoms with Crippen molar-refractivity contribution in [2.24, 2.45) is 5.92 Å². The van der Waals surface area contributed by atoms with Gasteiger partial charge in [-0.1, -0.05) is 13.0 Å². The van der Waals surface area contributed by atoms with Gasteiger partial charge in [-0.2, -0.15) is 5.26 Å². The summed E-state index contributed by atoms with van der Waals surface area (Å²) < 4.78 is 15.7. The zero-order valence-corrected chi connectivity index (χ0v) is 19.4. The Morgan fingerprint density at radius 3 is 2.69 bits per heavy atom. The highest BCUT2D eigenvalue weighted by Crippen LogP contribution is 2.40. The standard InChI is InChI=1S/C24H26N2O5S/c1-5-31-24(28)21-17-8-6-14(2)10-20(17)32-23(21)26-22(27)16(13-25)11-15-7-9-18(29-3)19(12-15)30-4/h7,9,11-12,14H,5-6,8,10H2,1-4H3,(H,26,27)/b16-11+. The molecule has 1 atom stereocenters. The highest BCUT2D eigenvalue weighted by Gasteiger charge is 2.29. The second-order valence-electron chi connectivity index (χ2n) is 7.51. The van der Waals surface area contributed by atoms with Gasteiger partial charge in [0.05, 0.1) is 26.4 Å². The Morgan fingerprint density at radius 2 is 2.03 bits per heavy atom. The minimum absolute atomic E-state index is 0.0910. The van der Waals surface area contributed by atoms with E-state index in [1.54, 1.807) is 25.1 Å². The fourth-order valence-corrected chi connectivity index (χ4v) is 5.08. The molecule has 1 aromatic heterocycles. The maximum atomic E-state index is 12.9. The fourth-order valence-electron chi connectivity index (χ4n) is 3.69. The Labute approximate surface area is 191 Å². The van der Waals surface area contributed by atoms with E-state index < -0.39 is 11.9 Å². The number of methoxy groups -OCH3 is 2. The van der Waals surface area contributed by atoms with Gasteiger partial charge >= 0.3 is 5.97 Å². The molecule has 0 saturated carbocycles. The zero-order chi connectivity index (χ0) is 23.3. The van der Waals surface area contributed by atoms with Gasteiger partial charge in [0.15, 0.2) is 11.5 Å². The number of rotatable bonds is 7. The summed E-state index contributed by atoms with van der Waals surface area (Å²) >= 11 is 1.39. The fraction of sp³-hybridized carbons (Fsp3) is 0.375. The largest absolute Gasteiger partial charge is 0.493 e. The van der Waals surface area contributed by atoms with Crippen molar-refractivity contribution >= 4 is 34.3 Å². The first-order valence-electron chi connectivity index (χ1n) is 10.4. The molecule has 0 bridgehead atoms. The first kappa shape index (κ1) is 23.4. The molecule has 3 rings (SSSR count). The van der Waals surface area contributed by atoms with Crippen LogP contribution in [0.4, 0.5) is 5.00 Å². The second kappa shape index (κ2) is 10.3. The van der Waals surface area contributed by atoms with Crippen LogP contribution in [0.15, 0.2) is 23.8 Å². The Bertz CT molecular complexity index is 1100. The lowest BCUT2D eigenvalue weighted by Crippen LogP contribution is -2.17. The van der Waals surface area contributed by atoms with Crippen molar-refractivity contribution in [1.29, 1.82) is 5.26 Å². The number of nitrogens with one attached hydrogen (secondary N) is 1. The molecule has 8 heteroatoms. The predicted molar refractivity (Wildman–Crippen MR) is 123 cm³/mol. The molecule has 7 nitrogen and oxygen atoms in total. The van der Waals surface area contributed by atoms with Crippen LogP contribution in [0.25, 0.3) is 6.08 Å². The third kappa shape index (κ3) is 4.94. The van der Waals surface area contributed by atoms with Crippen LogP contribution in [0.3, 0.4) is 0 Å². The molecular formula is C24H26N2O5S. The Balaban J connectivity index is 1.92. The molecular weight excluding hydrogens is 428 g/mol. The minimum atomic E-state index is -0.584. The van der Waals surface area contributed by atoms with Crippen LogP contribution < -0.4 is 14.8 Å². The second-order valence-corrected chi connectivity index (χ2v) is 8.62. The van der Waals surface area contributed by atoms with E-state index in [1.165, 1.54) is 31.6 Å². The summed E-state index contributed by atoms with van der Waals surface area (Å²) in [4.78, 5) is 26.7. The van der Waals surface area contributed by atoms with Crippen molar-refractivity contribution in [3.8, 4) is 17.6 Å². The highest BCUT2D eigenvalue weighted by molar-refractivity contribution is 7.17. The third-order valence-electron chi connectivity index (χ3n) is 5.30. The van der Waals surface area contributed by atoms with E-state index in [-0.39, 0.29) is 12.2 Å². The molecule has 1 aliphatic rings. The first-order valence-corrected chi connectivity index (χ1v) is 11.2. The summed E-state index contributed by atoms with van der Waals surface area (Å²) in [5.41, 5.74) is 1.88. The van der Waals surface area contributed by atoms with Gasteiger partial charge in [0, 0.05) is 4.88 Å². The Hall–Kier alpha value is -3.31.